The summed E-state index contributed by atoms with van der Waals surface area (Å²) < 4.78 is 27.9. The molecule has 7 heteroatoms. The van der Waals surface area contributed by atoms with Gasteiger partial charge in [-0.25, -0.2) is 13.1 Å². The summed E-state index contributed by atoms with van der Waals surface area (Å²) in [5, 5.41) is 4.81. The lowest BCUT2D eigenvalue weighted by Gasteiger charge is -2.17. The highest BCUT2D eigenvalue weighted by Gasteiger charge is 2.17. The van der Waals surface area contributed by atoms with Crippen molar-refractivity contribution in [2.75, 3.05) is 45.2 Å². The second kappa shape index (κ2) is 8.43. The minimum Gasteiger partial charge on any atom is -0.377 e. The Labute approximate surface area is 144 Å². The first-order valence-corrected chi connectivity index (χ1v) is 9.55. The van der Waals surface area contributed by atoms with Crippen LogP contribution in [0, 0.1) is 0 Å². The molecule has 0 aliphatic rings. The molecular formula is C17H26N4O2S. The number of nitrogens with one attached hydrogen (secondary N) is 2. The van der Waals surface area contributed by atoms with Crippen LogP contribution in [0.2, 0.25) is 0 Å². The second-order valence-corrected chi connectivity index (χ2v) is 7.55. The van der Waals surface area contributed by atoms with Gasteiger partial charge in [0, 0.05) is 43.6 Å². The van der Waals surface area contributed by atoms with Crippen LogP contribution in [0.1, 0.15) is 6.42 Å². The van der Waals surface area contributed by atoms with E-state index in [0.717, 1.165) is 29.4 Å². The van der Waals surface area contributed by atoms with Gasteiger partial charge in [0.15, 0.2) is 0 Å². The first-order valence-electron chi connectivity index (χ1n) is 8.07. The number of rotatable bonds is 9. The standard InChI is InChI=1S/C17H26N4O2S/c1-21(2)16-8-3-7-15-14(16)6-4-9-17(15)24(22,23)20-13-12-19-11-5-10-18/h3-4,6-9,19-20H,5,10-13,18H2,1-2H3. The van der Waals surface area contributed by atoms with Crippen LogP contribution < -0.4 is 20.7 Å². The summed E-state index contributed by atoms with van der Waals surface area (Å²) in [6, 6.07) is 11.1. The molecule has 0 bridgehead atoms. The monoisotopic (exact) mass is 350 g/mol. The highest BCUT2D eigenvalue weighted by molar-refractivity contribution is 7.89. The van der Waals surface area contributed by atoms with E-state index < -0.39 is 10.0 Å². The summed E-state index contributed by atoms with van der Waals surface area (Å²) >= 11 is 0. The zero-order valence-electron chi connectivity index (χ0n) is 14.2. The average Bonchev–Trinajstić information content (AvgIpc) is 2.56. The molecule has 0 aliphatic heterocycles. The molecule has 6 nitrogen and oxygen atoms in total. The van der Waals surface area contributed by atoms with Crippen molar-refractivity contribution >= 4 is 26.5 Å². The topological polar surface area (TPSA) is 87.5 Å². The lowest BCUT2D eigenvalue weighted by atomic mass is 10.1. The van der Waals surface area contributed by atoms with Gasteiger partial charge in [-0.3, -0.25) is 0 Å². The van der Waals surface area contributed by atoms with Crippen LogP contribution in [0.25, 0.3) is 10.8 Å². The third-order valence-electron chi connectivity index (χ3n) is 3.78. The van der Waals surface area contributed by atoms with Crippen LogP contribution in [0.15, 0.2) is 41.3 Å². The van der Waals surface area contributed by atoms with Gasteiger partial charge in [0.25, 0.3) is 0 Å². The van der Waals surface area contributed by atoms with Crippen LogP contribution in [-0.4, -0.2) is 48.7 Å². The molecule has 2 aromatic carbocycles. The molecular weight excluding hydrogens is 324 g/mol. The quantitative estimate of drug-likeness (QED) is 0.590. The van der Waals surface area contributed by atoms with Gasteiger partial charge < -0.3 is 16.0 Å². The molecule has 0 aromatic heterocycles. The number of nitrogens with zero attached hydrogens (tertiary/aromatic N) is 1. The van der Waals surface area contributed by atoms with Crippen molar-refractivity contribution in [1.29, 1.82) is 0 Å². The van der Waals surface area contributed by atoms with Gasteiger partial charge in [0.05, 0.1) is 4.90 Å². The fourth-order valence-corrected chi connectivity index (χ4v) is 3.84. The first kappa shape index (κ1) is 18.7. The summed E-state index contributed by atoms with van der Waals surface area (Å²) in [7, 11) is 0.336. The van der Waals surface area contributed by atoms with Gasteiger partial charge in [-0.2, -0.15) is 0 Å². The van der Waals surface area contributed by atoms with Crippen LogP contribution in [0.3, 0.4) is 0 Å². The lowest BCUT2D eigenvalue weighted by molar-refractivity contribution is 0.575. The number of hydrogen-bond acceptors (Lipinski definition) is 5. The summed E-state index contributed by atoms with van der Waals surface area (Å²) in [5.74, 6) is 0. The molecule has 0 saturated carbocycles. The number of benzene rings is 2. The van der Waals surface area contributed by atoms with E-state index >= 15 is 0 Å². The molecule has 0 atom stereocenters. The third-order valence-corrected chi connectivity index (χ3v) is 5.30. The number of sulfonamides is 1. The summed E-state index contributed by atoms with van der Waals surface area (Å²) in [5.41, 5.74) is 6.41. The molecule has 4 N–H and O–H groups in total. The van der Waals surface area contributed by atoms with Gasteiger partial charge in [0.1, 0.15) is 0 Å². The van der Waals surface area contributed by atoms with E-state index in [9.17, 15) is 8.42 Å². The second-order valence-electron chi connectivity index (χ2n) is 5.81. The van der Waals surface area contributed by atoms with E-state index in [1.807, 2.05) is 43.3 Å². The predicted molar refractivity (Wildman–Crippen MR) is 100 cm³/mol. The van der Waals surface area contributed by atoms with Crippen molar-refractivity contribution in [2.45, 2.75) is 11.3 Å². The Morgan fingerprint density at radius 3 is 2.42 bits per heavy atom. The fraction of sp³-hybridized carbons (Fsp3) is 0.412. The van der Waals surface area contributed by atoms with Crippen LogP contribution in [0.5, 0.6) is 0 Å². The normalized spacial score (nSPS) is 11.8. The molecule has 132 valence electrons. The van der Waals surface area contributed by atoms with Crippen LogP contribution in [-0.2, 0) is 10.0 Å². The largest absolute Gasteiger partial charge is 0.377 e. The maximum atomic E-state index is 12.6. The number of fused-ring (bicyclic) bond motifs is 1. The predicted octanol–water partition coefficient (Wildman–Crippen LogP) is 1.12. The van der Waals surface area contributed by atoms with E-state index in [2.05, 4.69) is 10.0 Å². The Morgan fingerprint density at radius 2 is 1.71 bits per heavy atom. The molecule has 0 aliphatic carbocycles. The van der Waals surface area contributed by atoms with Crippen LogP contribution in [0.4, 0.5) is 5.69 Å². The molecule has 0 spiro atoms. The Balaban J connectivity index is 2.20. The summed E-state index contributed by atoms with van der Waals surface area (Å²) in [6.07, 6.45) is 0.878. The van der Waals surface area contributed by atoms with Gasteiger partial charge >= 0.3 is 0 Å². The average molecular weight is 350 g/mol. The summed E-state index contributed by atoms with van der Waals surface area (Å²) in [6.45, 7) is 2.34. The fourth-order valence-electron chi connectivity index (χ4n) is 2.59. The van der Waals surface area contributed by atoms with E-state index in [1.54, 1.807) is 12.1 Å². The van der Waals surface area contributed by atoms with E-state index in [1.165, 1.54) is 0 Å². The Kier molecular flexibility index (Phi) is 6.56. The zero-order chi connectivity index (χ0) is 17.6. The molecule has 0 heterocycles. The van der Waals surface area contributed by atoms with Crippen molar-refractivity contribution < 1.29 is 8.42 Å². The minimum atomic E-state index is -3.56. The lowest BCUT2D eigenvalue weighted by Crippen LogP contribution is -2.32. The minimum absolute atomic E-state index is 0.311. The highest BCUT2D eigenvalue weighted by atomic mass is 32.2. The molecule has 0 unspecified atom stereocenters. The van der Waals surface area contributed by atoms with E-state index in [-0.39, 0.29) is 0 Å². The molecule has 0 saturated heterocycles. The van der Waals surface area contributed by atoms with Crippen molar-refractivity contribution in [2.24, 2.45) is 5.73 Å². The van der Waals surface area contributed by atoms with Crippen molar-refractivity contribution in [1.82, 2.24) is 10.0 Å². The van der Waals surface area contributed by atoms with E-state index in [0.29, 0.717) is 24.5 Å². The molecule has 2 aromatic rings. The molecule has 0 fully saturated rings. The molecule has 24 heavy (non-hydrogen) atoms. The zero-order valence-corrected chi connectivity index (χ0v) is 15.1. The smallest absolute Gasteiger partial charge is 0.241 e. The Morgan fingerprint density at radius 1 is 1.00 bits per heavy atom. The van der Waals surface area contributed by atoms with Crippen molar-refractivity contribution in [3.05, 3.63) is 36.4 Å². The Bertz CT molecular complexity index is 775. The third kappa shape index (κ3) is 4.45. The van der Waals surface area contributed by atoms with Crippen molar-refractivity contribution in [3.8, 4) is 0 Å². The van der Waals surface area contributed by atoms with Gasteiger partial charge in [-0.15, -0.1) is 0 Å². The number of anilines is 1. The SMILES string of the molecule is CN(C)c1cccc2c(S(=O)(=O)NCCNCCCN)cccc12. The molecule has 0 amide bonds. The van der Waals surface area contributed by atoms with Gasteiger partial charge in [0.2, 0.25) is 10.0 Å². The van der Waals surface area contributed by atoms with Gasteiger partial charge in [-0.05, 0) is 31.6 Å². The summed E-state index contributed by atoms with van der Waals surface area (Å²) in [4.78, 5) is 2.29. The number of nitrogens with two attached hydrogens (primary N) is 1. The van der Waals surface area contributed by atoms with Gasteiger partial charge in [-0.1, -0.05) is 24.3 Å². The maximum Gasteiger partial charge on any atom is 0.241 e. The van der Waals surface area contributed by atoms with Crippen molar-refractivity contribution in [3.63, 3.8) is 0 Å². The first-order chi connectivity index (χ1) is 11.5. The molecule has 2 rings (SSSR count). The van der Waals surface area contributed by atoms with E-state index in [4.69, 9.17) is 5.73 Å². The Hall–Kier alpha value is -1.67. The number of hydrogen-bond donors (Lipinski definition) is 3. The maximum absolute atomic E-state index is 12.6. The van der Waals surface area contributed by atoms with Crippen LogP contribution >= 0.6 is 0 Å². The highest BCUT2D eigenvalue weighted by Crippen LogP contribution is 2.29. The molecule has 0 radical (unpaired) electrons.